The number of thioether (sulfide) groups is 1. The van der Waals surface area contributed by atoms with Crippen LogP contribution < -0.4 is 10.2 Å². The Bertz CT molecular complexity index is 934. The molecule has 7 heteroatoms. The zero-order valence-corrected chi connectivity index (χ0v) is 16.2. The van der Waals surface area contributed by atoms with E-state index in [1.54, 1.807) is 4.52 Å². The molecule has 27 heavy (non-hydrogen) atoms. The molecule has 1 fully saturated rings. The van der Waals surface area contributed by atoms with Gasteiger partial charge in [-0.1, -0.05) is 30.3 Å². The number of rotatable bonds is 5. The van der Waals surface area contributed by atoms with Gasteiger partial charge >= 0.3 is 0 Å². The second-order valence-electron chi connectivity index (χ2n) is 6.66. The fourth-order valence-corrected chi connectivity index (χ4v) is 4.17. The van der Waals surface area contributed by atoms with Crippen molar-refractivity contribution in [1.29, 1.82) is 0 Å². The summed E-state index contributed by atoms with van der Waals surface area (Å²) in [5.41, 5.74) is 3.43. The third-order valence-corrected chi connectivity index (χ3v) is 5.58. The number of nitrogens with one attached hydrogen (secondary N) is 1. The summed E-state index contributed by atoms with van der Waals surface area (Å²) in [4.78, 5) is 19.6. The van der Waals surface area contributed by atoms with Crippen LogP contribution in [-0.2, 0) is 6.42 Å². The van der Waals surface area contributed by atoms with Crippen LogP contribution in [0.3, 0.4) is 0 Å². The van der Waals surface area contributed by atoms with Crippen molar-refractivity contribution in [3.05, 3.63) is 59.5 Å². The van der Waals surface area contributed by atoms with E-state index in [0.29, 0.717) is 12.2 Å². The maximum absolute atomic E-state index is 12.6. The number of fused-ring (bicyclic) bond motifs is 1. The van der Waals surface area contributed by atoms with Gasteiger partial charge in [0.1, 0.15) is 5.52 Å². The predicted octanol–water partition coefficient (Wildman–Crippen LogP) is 2.56. The first kappa shape index (κ1) is 17.9. The van der Waals surface area contributed by atoms with Gasteiger partial charge in [-0.3, -0.25) is 4.79 Å². The summed E-state index contributed by atoms with van der Waals surface area (Å²) in [6.07, 6.45) is 2.68. The molecule has 1 aliphatic heterocycles. The Morgan fingerprint density at radius 1 is 1.22 bits per heavy atom. The molecular weight excluding hydrogens is 358 g/mol. The SMILES string of the molecule is Cc1cn2nc(C(=O)NCCc3ccccc3)cc2c(N2CCSCC2)n1. The van der Waals surface area contributed by atoms with Crippen molar-refractivity contribution in [2.75, 3.05) is 36.0 Å². The molecule has 140 valence electrons. The van der Waals surface area contributed by atoms with Crippen LogP contribution in [0.2, 0.25) is 0 Å². The molecule has 1 aliphatic rings. The van der Waals surface area contributed by atoms with Gasteiger partial charge in [-0.05, 0) is 18.9 Å². The van der Waals surface area contributed by atoms with Crippen LogP contribution in [0, 0.1) is 6.92 Å². The monoisotopic (exact) mass is 381 g/mol. The fraction of sp³-hybridized carbons (Fsp3) is 0.350. The molecule has 0 radical (unpaired) electrons. The molecule has 0 aliphatic carbocycles. The molecule has 1 aromatic carbocycles. The first-order valence-corrected chi connectivity index (χ1v) is 10.4. The highest BCUT2D eigenvalue weighted by molar-refractivity contribution is 7.99. The Morgan fingerprint density at radius 3 is 2.78 bits per heavy atom. The third kappa shape index (κ3) is 4.08. The molecule has 0 atom stereocenters. The Kier molecular flexibility index (Phi) is 5.29. The molecule has 0 saturated carbocycles. The van der Waals surface area contributed by atoms with Gasteiger partial charge in [0.25, 0.3) is 5.91 Å². The highest BCUT2D eigenvalue weighted by atomic mass is 32.2. The number of carbonyl (C=O) groups excluding carboxylic acids is 1. The minimum Gasteiger partial charge on any atom is -0.353 e. The normalized spacial score (nSPS) is 14.5. The van der Waals surface area contributed by atoms with E-state index in [9.17, 15) is 4.79 Å². The quantitative estimate of drug-likeness (QED) is 0.736. The van der Waals surface area contributed by atoms with E-state index in [1.165, 1.54) is 5.56 Å². The van der Waals surface area contributed by atoms with Crippen LogP contribution in [0.4, 0.5) is 5.82 Å². The summed E-state index contributed by atoms with van der Waals surface area (Å²) in [5, 5.41) is 7.46. The average molecular weight is 382 g/mol. The number of carbonyl (C=O) groups is 1. The zero-order valence-electron chi connectivity index (χ0n) is 15.4. The molecule has 0 spiro atoms. The molecule has 2 aromatic heterocycles. The van der Waals surface area contributed by atoms with E-state index in [4.69, 9.17) is 4.98 Å². The Labute approximate surface area is 163 Å². The van der Waals surface area contributed by atoms with Crippen molar-refractivity contribution in [2.24, 2.45) is 0 Å². The van der Waals surface area contributed by atoms with Crippen LogP contribution in [0.1, 0.15) is 21.7 Å². The van der Waals surface area contributed by atoms with Crippen molar-refractivity contribution >= 4 is 29.0 Å². The lowest BCUT2D eigenvalue weighted by Gasteiger charge is -2.28. The maximum Gasteiger partial charge on any atom is 0.271 e. The van der Waals surface area contributed by atoms with Crippen LogP contribution in [0.25, 0.3) is 5.52 Å². The summed E-state index contributed by atoms with van der Waals surface area (Å²) in [7, 11) is 0. The molecule has 0 bridgehead atoms. The van der Waals surface area contributed by atoms with Crippen molar-refractivity contribution in [2.45, 2.75) is 13.3 Å². The minimum atomic E-state index is -0.146. The van der Waals surface area contributed by atoms with Crippen molar-refractivity contribution in [3.8, 4) is 0 Å². The van der Waals surface area contributed by atoms with Gasteiger partial charge in [0, 0.05) is 37.2 Å². The van der Waals surface area contributed by atoms with Gasteiger partial charge in [-0.15, -0.1) is 0 Å². The number of anilines is 1. The van der Waals surface area contributed by atoms with Crippen molar-refractivity contribution < 1.29 is 4.79 Å². The van der Waals surface area contributed by atoms with Gasteiger partial charge in [0.2, 0.25) is 0 Å². The van der Waals surface area contributed by atoms with E-state index >= 15 is 0 Å². The number of aryl methyl sites for hydroxylation is 1. The average Bonchev–Trinajstić information content (AvgIpc) is 3.13. The Balaban J connectivity index is 1.51. The summed E-state index contributed by atoms with van der Waals surface area (Å²) in [5.74, 6) is 2.98. The van der Waals surface area contributed by atoms with E-state index in [1.807, 2.05) is 49.1 Å². The molecule has 4 rings (SSSR count). The van der Waals surface area contributed by atoms with Crippen LogP contribution in [0.5, 0.6) is 0 Å². The number of aromatic nitrogens is 3. The molecule has 0 unspecified atom stereocenters. The lowest BCUT2D eigenvalue weighted by molar-refractivity contribution is 0.0949. The third-order valence-electron chi connectivity index (χ3n) is 4.64. The first-order valence-electron chi connectivity index (χ1n) is 9.22. The van der Waals surface area contributed by atoms with Crippen molar-refractivity contribution in [1.82, 2.24) is 19.9 Å². The molecule has 1 N–H and O–H groups in total. The van der Waals surface area contributed by atoms with Crippen LogP contribution in [0.15, 0.2) is 42.6 Å². The maximum atomic E-state index is 12.6. The van der Waals surface area contributed by atoms with Gasteiger partial charge in [0.15, 0.2) is 11.5 Å². The molecular formula is C20H23N5OS. The molecule has 6 nitrogen and oxygen atoms in total. The largest absolute Gasteiger partial charge is 0.353 e. The fourth-order valence-electron chi connectivity index (χ4n) is 3.26. The first-order chi connectivity index (χ1) is 13.2. The number of hydrogen-bond donors (Lipinski definition) is 1. The van der Waals surface area contributed by atoms with Crippen LogP contribution >= 0.6 is 11.8 Å². The molecule has 3 heterocycles. The summed E-state index contributed by atoms with van der Waals surface area (Å²) < 4.78 is 1.78. The van der Waals surface area contributed by atoms with Crippen LogP contribution in [-0.4, -0.2) is 51.6 Å². The zero-order chi connectivity index (χ0) is 18.6. The van der Waals surface area contributed by atoms with Gasteiger partial charge in [0.05, 0.1) is 11.9 Å². The number of nitrogens with zero attached hydrogens (tertiary/aromatic N) is 4. The van der Waals surface area contributed by atoms with Gasteiger partial charge in [-0.25, -0.2) is 9.50 Å². The number of amides is 1. The summed E-state index contributed by atoms with van der Waals surface area (Å²) in [6.45, 7) is 4.49. The second-order valence-corrected chi connectivity index (χ2v) is 7.88. The van der Waals surface area contributed by atoms with E-state index in [2.05, 4.69) is 27.4 Å². The standard InChI is InChI=1S/C20H23N5OS/c1-15-14-25-18(19(22-15)24-9-11-27-12-10-24)13-17(23-25)20(26)21-8-7-16-5-3-2-4-6-16/h2-6,13-14H,7-12H2,1H3,(H,21,26). The van der Waals surface area contributed by atoms with Crippen molar-refractivity contribution in [3.63, 3.8) is 0 Å². The smallest absolute Gasteiger partial charge is 0.271 e. The highest BCUT2D eigenvalue weighted by Crippen LogP contribution is 2.24. The lowest BCUT2D eigenvalue weighted by atomic mass is 10.1. The second kappa shape index (κ2) is 8.00. The Hall–Kier alpha value is -2.54. The molecule has 1 amide bonds. The highest BCUT2D eigenvalue weighted by Gasteiger charge is 2.19. The molecule has 3 aromatic rings. The molecule has 1 saturated heterocycles. The van der Waals surface area contributed by atoms with Gasteiger partial charge < -0.3 is 10.2 Å². The van der Waals surface area contributed by atoms with E-state index in [-0.39, 0.29) is 5.91 Å². The summed E-state index contributed by atoms with van der Waals surface area (Å²) in [6, 6.07) is 12.0. The summed E-state index contributed by atoms with van der Waals surface area (Å²) >= 11 is 1.96. The van der Waals surface area contributed by atoms with Gasteiger partial charge in [-0.2, -0.15) is 16.9 Å². The Morgan fingerprint density at radius 2 is 2.00 bits per heavy atom. The topological polar surface area (TPSA) is 62.5 Å². The lowest BCUT2D eigenvalue weighted by Crippen LogP contribution is -2.33. The minimum absolute atomic E-state index is 0.146. The number of benzene rings is 1. The number of hydrogen-bond acceptors (Lipinski definition) is 5. The van der Waals surface area contributed by atoms with E-state index in [0.717, 1.165) is 48.0 Å². The van der Waals surface area contributed by atoms with E-state index < -0.39 is 0 Å². The predicted molar refractivity (Wildman–Crippen MR) is 110 cm³/mol.